The molecule has 0 atom stereocenters. The van der Waals surface area contributed by atoms with Crippen molar-refractivity contribution in [3.8, 4) is 0 Å². The smallest absolute Gasteiger partial charge is 0.177 e. The molecule has 0 radical (unpaired) electrons. The first-order valence-corrected chi connectivity index (χ1v) is 4.82. The van der Waals surface area contributed by atoms with Crippen molar-refractivity contribution in [3.63, 3.8) is 0 Å². The maximum absolute atomic E-state index is 13.0. The number of rotatable bonds is 2. The summed E-state index contributed by atoms with van der Waals surface area (Å²) in [5.74, 6) is -1.88. The third kappa shape index (κ3) is 1.41. The Morgan fingerprint density at radius 2 is 2.00 bits per heavy atom. The Hall–Kier alpha value is -0.670. The second-order valence-corrected chi connectivity index (χ2v) is 4.15. The van der Waals surface area contributed by atoms with Gasteiger partial charge in [0.25, 0.3) is 0 Å². The van der Waals surface area contributed by atoms with Crippen LogP contribution < -0.4 is 5.73 Å². The molecule has 1 aliphatic rings. The molecule has 0 aromatic heterocycles. The molecule has 1 aliphatic carbocycles. The molecule has 0 amide bonds. The lowest BCUT2D eigenvalue weighted by Crippen LogP contribution is -2.20. The van der Waals surface area contributed by atoms with Crippen molar-refractivity contribution in [3.05, 3.63) is 34.4 Å². The molecule has 0 bridgehead atoms. The lowest BCUT2D eigenvalue weighted by atomic mass is 9.96. The van der Waals surface area contributed by atoms with Gasteiger partial charge in [0.2, 0.25) is 0 Å². The summed E-state index contributed by atoms with van der Waals surface area (Å²) in [5.41, 5.74) is 6.14. The van der Waals surface area contributed by atoms with Crippen LogP contribution in [0.5, 0.6) is 0 Å². The van der Waals surface area contributed by atoms with E-state index in [1.54, 1.807) is 0 Å². The summed E-state index contributed by atoms with van der Waals surface area (Å²) in [6, 6.07) is 2.67. The predicted molar refractivity (Wildman–Crippen MR) is 51.3 cm³/mol. The minimum Gasteiger partial charge on any atom is -0.330 e. The predicted octanol–water partition coefficient (Wildman–Crippen LogP) is 2.61. The monoisotopic (exact) mass is 217 g/mol. The van der Waals surface area contributed by atoms with Gasteiger partial charge in [-0.1, -0.05) is 11.6 Å². The molecule has 0 unspecified atom stereocenters. The van der Waals surface area contributed by atoms with Crippen molar-refractivity contribution >= 4 is 11.6 Å². The Morgan fingerprint density at radius 3 is 2.43 bits per heavy atom. The second-order valence-electron chi connectivity index (χ2n) is 3.74. The fraction of sp³-hybridized carbons (Fsp3) is 0.400. The van der Waals surface area contributed by atoms with E-state index in [1.807, 2.05) is 0 Å². The summed E-state index contributed by atoms with van der Waals surface area (Å²) in [5, 5.41) is -0.167. The lowest BCUT2D eigenvalue weighted by molar-refractivity contribution is 0.505. The van der Waals surface area contributed by atoms with Gasteiger partial charge in [-0.3, -0.25) is 0 Å². The number of hydrogen-bond donors (Lipinski definition) is 1. The Morgan fingerprint density at radius 1 is 1.36 bits per heavy atom. The van der Waals surface area contributed by atoms with Crippen LogP contribution in [0.15, 0.2) is 12.1 Å². The molecule has 2 rings (SSSR count). The molecular formula is C10H10ClF2N. The minimum atomic E-state index is -0.983. The highest BCUT2D eigenvalue weighted by Crippen LogP contribution is 2.48. The third-order valence-corrected chi connectivity index (χ3v) is 3.12. The van der Waals surface area contributed by atoms with Crippen molar-refractivity contribution in [2.75, 3.05) is 6.54 Å². The topological polar surface area (TPSA) is 26.0 Å². The quantitative estimate of drug-likeness (QED) is 0.758. The van der Waals surface area contributed by atoms with Crippen LogP contribution in [-0.4, -0.2) is 6.54 Å². The van der Waals surface area contributed by atoms with Crippen LogP contribution in [0, 0.1) is 11.6 Å². The molecule has 1 nitrogen and oxygen atoms in total. The van der Waals surface area contributed by atoms with Gasteiger partial charge in [0.1, 0.15) is 0 Å². The fourth-order valence-corrected chi connectivity index (χ4v) is 1.83. The van der Waals surface area contributed by atoms with E-state index in [9.17, 15) is 8.78 Å². The summed E-state index contributed by atoms with van der Waals surface area (Å²) >= 11 is 5.55. The maximum atomic E-state index is 13.0. The molecule has 0 spiro atoms. The van der Waals surface area contributed by atoms with Gasteiger partial charge in [-0.05, 0) is 30.5 Å². The highest BCUT2D eigenvalue weighted by Gasteiger charge is 2.43. The molecule has 0 heterocycles. The zero-order chi connectivity index (χ0) is 10.3. The van der Waals surface area contributed by atoms with Crippen LogP contribution >= 0.6 is 11.6 Å². The Bertz CT molecular complexity index is 351. The van der Waals surface area contributed by atoms with E-state index in [0.29, 0.717) is 12.1 Å². The molecule has 1 fully saturated rings. The van der Waals surface area contributed by atoms with Gasteiger partial charge >= 0.3 is 0 Å². The van der Waals surface area contributed by atoms with Crippen LogP contribution in [-0.2, 0) is 5.41 Å². The summed E-state index contributed by atoms with van der Waals surface area (Å²) in [6.45, 7) is 0.453. The van der Waals surface area contributed by atoms with Gasteiger partial charge in [0.15, 0.2) is 11.6 Å². The van der Waals surface area contributed by atoms with Gasteiger partial charge < -0.3 is 5.73 Å². The van der Waals surface area contributed by atoms with Crippen LogP contribution in [0.2, 0.25) is 5.02 Å². The zero-order valence-corrected chi connectivity index (χ0v) is 8.24. The SMILES string of the molecule is NCC1(c2cc(F)c(F)c(Cl)c2)CC1. The Balaban J connectivity index is 2.46. The number of halogens is 3. The highest BCUT2D eigenvalue weighted by atomic mass is 35.5. The number of nitrogens with two attached hydrogens (primary N) is 1. The standard InChI is InChI=1S/C10H10ClF2N/c11-7-3-6(4-8(12)9(7)13)10(5-14)1-2-10/h3-4H,1-2,5,14H2. The Kier molecular flexibility index (Phi) is 2.24. The van der Waals surface area contributed by atoms with Gasteiger partial charge in [0.05, 0.1) is 5.02 Å². The molecule has 76 valence electrons. The summed E-state index contributed by atoms with van der Waals surface area (Å²) in [4.78, 5) is 0. The molecular weight excluding hydrogens is 208 g/mol. The number of benzene rings is 1. The lowest BCUT2D eigenvalue weighted by Gasteiger charge is -2.13. The van der Waals surface area contributed by atoms with E-state index >= 15 is 0 Å². The average Bonchev–Trinajstić information content (AvgIpc) is 2.94. The Labute approximate surface area is 85.9 Å². The largest absolute Gasteiger partial charge is 0.330 e. The van der Waals surface area contributed by atoms with Crippen LogP contribution in [0.1, 0.15) is 18.4 Å². The first-order chi connectivity index (χ1) is 6.59. The fourth-order valence-electron chi connectivity index (χ4n) is 1.62. The third-order valence-electron chi connectivity index (χ3n) is 2.84. The van der Waals surface area contributed by atoms with E-state index in [1.165, 1.54) is 12.1 Å². The van der Waals surface area contributed by atoms with Gasteiger partial charge in [-0.15, -0.1) is 0 Å². The van der Waals surface area contributed by atoms with Crippen molar-refractivity contribution in [2.45, 2.75) is 18.3 Å². The van der Waals surface area contributed by atoms with Crippen molar-refractivity contribution in [1.29, 1.82) is 0 Å². The first-order valence-electron chi connectivity index (χ1n) is 4.44. The minimum absolute atomic E-state index is 0.155. The van der Waals surface area contributed by atoms with E-state index in [0.717, 1.165) is 12.8 Å². The van der Waals surface area contributed by atoms with Crippen LogP contribution in [0.4, 0.5) is 8.78 Å². The normalized spacial score (nSPS) is 18.3. The molecule has 4 heteroatoms. The van der Waals surface area contributed by atoms with E-state index in [2.05, 4.69) is 0 Å². The maximum Gasteiger partial charge on any atom is 0.177 e. The van der Waals surface area contributed by atoms with Crippen molar-refractivity contribution < 1.29 is 8.78 Å². The molecule has 1 saturated carbocycles. The number of hydrogen-bond acceptors (Lipinski definition) is 1. The van der Waals surface area contributed by atoms with E-state index < -0.39 is 11.6 Å². The van der Waals surface area contributed by atoms with Crippen LogP contribution in [0.3, 0.4) is 0 Å². The second kappa shape index (κ2) is 3.17. The molecule has 1 aromatic carbocycles. The molecule has 1 aromatic rings. The summed E-state index contributed by atoms with van der Waals surface area (Å²) < 4.78 is 25.9. The average molecular weight is 218 g/mol. The van der Waals surface area contributed by atoms with Crippen LogP contribution in [0.25, 0.3) is 0 Å². The molecule has 2 N–H and O–H groups in total. The first kappa shape index (κ1) is 9.87. The van der Waals surface area contributed by atoms with E-state index in [4.69, 9.17) is 17.3 Å². The summed E-state index contributed by atoms with van der Waals surface area (Å²) in [7, 11) is 0. The van der Waals surface area contributed by atoms with Crippen molar-refractivity contribution in [2.24, 2.45) is 5.73 Å². The van der Waals surface area contributed by atoms with Gasteiger partial charge in [-0.2, -0.15) is 0 Å². The highest BCUT2D eigenvalue weighted by molar-refractivity contribution is 6.30. The summed E-state index contributed by atoms with van der Waals surface area (Å²) in [6.07, 6.45) is 1.84. The molecule has 14 heavy (non-hydrogen) atoms. The molecule has 0 aliphatic heterocycles. The van der Waals surface area contributed by atoms with E-state index in [-0.39, 0.29) is 10.4 Å². The zero-order valence-electron chi connectivity index (χ0n) is 7.49. The van der Waals surface area contributed by atoms with Gasteiger partial charge in [0, 0.05) is 12.0 Å². The van der Waals surface area contributed by atoms with Gasteiger partial charge in [-0.25, -0.2) is 8.78 Å². The molecule has 0 saturated heterocycles. The van der Waals surface area contributed by atoms with Crippen molar-refractivity contribution in [1.82, 2.24) is 0 Å².